The van der Waals surface area contributed by atoms with Crippen molar-refractivity contribution in [3.63, 3.8) is 0 Å². The zero-order valence-electron chi connectivity index (χ0n) is 6.92. The van der Waals surface area contributed by atoms with E-state index in [0.29, 0.717) is 6.04 Å². The molecule has 1 unspecified atom stereocenters. The molecule has 3 heteroatoms. The molecule has 1 rings (SSSR count). The van der Waals surface area contributed by atoms with Crippen LogP contribution in [0.3, 0.4) is 0 Å². The van der Waals surface area contributed by atoms with Crippen LogP contribution >= 0.6 is 11.3 Å². The molecule has 1 atom stereocenters. The standard InChI is InChI=1S/C8H14N2S/c1-6(10-9)3-8-4-7(2)11-5-8/h4-6,10H,3,9H2,1-2H3. The van der Waals surface area contributed by atoms with E-state index in [2.05, 4.69) is 30.7 Å². The van der Waals surface area contributed by atoms with Gasteiger partial charge in [0, 0.05) is 10.9 Å². The first-order chi connectivity index (χ1) is 5.22. The van der Waals surface area contributed by atoms with Crippen molar-refractivity contribution >= 4 is 11.3 Å². The lowest BCUT2D eigenvalue weighted by molar-refractivity contribution is 0.568. The Morgan fingerprint density at radius 2 is 2.45 bits per heavy atom. The summed E-state index contributed by atoms with van der Waals surface area (Å²) >= 11 is 1.79. The van der Waals surface area contributed by atoms with Gasteiger partial charge in [-0.2, -0.15) is 0 Å². The van der Waals surface area contributed by atoms with Gasteiger partial charge in [0.25, 0.3) is 0 Å². The summed E-state index contributed by atoms with van der Waals surface area (Å²) in [7, 11) is 0. The average Bonchev–Trinajstić information content (AvgIpc) is 2.35. The molecule has 62 valence electrons. The van der Waals surface area contributed by atoms with Crippen LogP contribution in [0.4, 0.5) is 0 Å². The Kier molecular flexibility index (Phi) is 3.05. The van der Waals surface area contributed by atoms with Gasteiger partial charge in [0.15, 0.2) is 0 Å². The van der Waals surface area contributed by atoms with Crippen LogP contribution in [0.1, 0.15) is 17.4 Å². The van der Waals surface area contributed by atoms with E-state index in [4.69, 9.17) is 5.84 Å². The molecule has 3 N–H and O–H groups in total. The summed E-state index contributed by atoms with van der Waals surface area (Å²) in [5.41, 5.74) is 4.10. The van der Waals surface area contributed by atoms with Crippen LogP contribution in [0.25, 0.3) is 0 Å². The Labute approximate surface area is 71.4 Å². The summed E-state index contributed by atoms with van der Waals surface area (Å²) in [5, 5.41) is 2.18. The lowest BCUT2D eigenvalue weighted by Crippen LogP contribution is -2.33. The molecule has 0 amide bonds. The van der Waals surface area contributed by atoms with Crippen LogP contribution < -0.4 is 11.3 Å². The molecule has 1 heterocycles. The van der Waals surface area contributed by atoms with Gasteiger partial charge in [0.1, 0.15) is 0 Å². The highest BCUT2D eigenvalue weighted by Crippen LogP contribution is 2.14. The highest BCUT2D eigenvalue weighted by atomic mass is 32.1. The van der Waals surface area contributed by atoms with Gasteiger partial charge in [-0.3, -0.25) is 11.3 Å². The van der Waals surface area contributed by atoms with E-state index in [-0.39, 0.29) is 0 Å². The lowest BCUT2D eigenvalue weighted by atomic mass is 10.1. The average molecular weight is 170 g/mol. The topological polar surface area (TPSA) is 38.0 Å². The minimum absolute atomic E-state index is 0.365. The summed E-state index contributed by atoms with van der Waals surface area (Å²) in [5.74, 6) is 5.28. The van der Waals surface area contributed by atoms with Gasteiger partial charge in [0.2, 0.25) is 0 Å². The van der Waals surface area contributed by atoms with Gasteiger partial charge in [-0.05, 0) is 37.3 Å². The highest BCUT2D eigenvalue weighted by Gasteiger charge is 2.01. The summed E-state index contributed by atoms with van der Waals surface area (Å²) < 4.78 is 0. The van der Waals surface area contributed by atoms with E-state index >= 15 is 0 Å². The Morgan fingerprint density at radius 1 is 1.73 bits per heavy atom. The van der Waals surface area contributed by atoms with Crippen LogP contribution in [-0.2, 0) is 6.42 Å². The first-order valence-electron chi connectivity index (χ1n) is 3.72. The molecule has 0 aliphatic rings. The van der Waals surface area contributed by atoms with Crippen molar-refractivity contribution in [2.45, 2.75) is 26.3 Å². The van der Waals surface area contributed by atoms with Gasteiger partial charge in [0.05, 0.1) is 0 Å². The van der Waals surface area contributed by atoms with Crippen molar-refractivity contribution in [2.75, 3.05) is 0 Å². The Balaban J connectivity index is 2.50. The number of hydrazine groups is 1. The molecule has 0 radical (unpaired) electrons. The van der Waals surface area contributed by atoms with Crippen molar-refractivity contribution in [3.8, 4) is 0 Å². The van der Waals surface area contributed by atoms with Crippen molar-refractivity contribution < 1.29 is 0 Å². The molecular weight excluding hydrogens is 156 g/mol. The highest BCUT2D eigenvalue weighted by molar-refractivity contribution is 7.10. The molecule has 0 saturated carbocycles. The molecule has 0 aliphatic heterocycles. The SMILES string of the molecule is Cc1cc(CC(C)NN)cs1. The normalized spacial score (nSPS) is 13.4. The molecule has 1 aromatic heterocycles. The molecule has 0 saturated heterocycles. The minimum Gasteiger partial charge on any atom is -0.271 e. The van der Waals surface area contributed by atoms with E-state index in [9.17, 15) is 0 Å². The third kappa shape index (κ3) is 2.61. The molecule has 0 bridgehead atoms. The summed E-state index contributed by atoms with van der Waals surface area (Å²) in [6, 6.07) is 2.57. The molecule has 0 aliphatic carbocycles. The largest absolute Gasteiger partial charge is 0.271 e. The van der Waals surface area contributed by atoms with Crippen LogP contribution in [0.15, 0.2) is 11.4 Å². The number of nitrogens with one attached hydrogen (secondary N) is 1. The van der Waals surface area contributed by atoms with Crippen molar-refractivity contribution in [3.05, 3.63) is 21.9 Å². The van der Waals surface area contributed by atoms with Crippen molar-refractivity contribution in [1.29, 1.82) is 0 Å². The first-order valence-corrected chi connectivity index (χ1v) is 4.60. The summed E-state index contributed by atoms with van der Waals surface area (Å²) in [4.78, 5) is 1.37. The fourth-order valence-electron chi connectivity index (χ4n) is 1.02. The molecule has 0 aromatic carbocycles. The number of rotatable bonds is 3. The number of aryl methyl sites for hydroxylation is 1. The van der Waals surface area contributed by atoms with E-state index in [0.717, 1.165) is 6.42 Å². The quantitative estimate of drug-likeness (QED) is 0.532. The van der Waals surface area contributed by atoms with E-state index in [1.54, 1.807) is 11.3 Å². The fraction of sp³-hybridized carbons (Fsp3) is 0.500. The Morgan fingerprint density at radius 3 is 2.91 bits per heavy atom. The third-order valence-electron chi connectivity index (χ3n) is 1.61. The van der Waals surface area contributed by atoms with E-state index in [1.807, 2.05) is 0 Å². The second-order valence-corrected chi connectivity index (χ2v) is 3.95. The Bertz CT molecular complexity index is 220. The van der Waals surface area contributed by atoms with Gasteiger partial charge in [-0.15, -0.1) is 11.3 Å². The zero-order chi connectivity index (χ0) is 8.27. The van der Waals surface area contributed by atoms with E-state index in [1.165, 1.54) is 10.4 Å². The second kappa shape index (κ2) is 3.85. The molecule has 1 aromatic rings. The molecular formula is C8H14N2S. The van der Waals surface area contributed by atoms with Gasteiger partial charge in [-0.1, -0.05) is 0 Å². The number of hydrogen-bond acceptors (Lipinski definition) is 3. The smallest absolute Gasteiger partial charge is 0.0222 e. The summed E-state index contributed by atoms with van der Waals surface area (Å²) in [6.07, 6.45) is 1.01. The lowest BCUT2D eigenvalue weighted by Gasteiger charge is -2.06. The van der Waals surface area contributed by atoms with E-state index < -0.39 is 0 Å². The number of thiophene rings is 1. The molecule has 0 fully saturated rings. The van der Waals surface area contributed by atoms with Crippen molar-refractivity contribution in [2.24, 2.45) is 5.84 Å². The van der Waals surface area contributed by atoms with Crippen LogP contribution in [0.2, 0.25) is 0 Å². The molecule has 0 spiro atoms. The maximum Gasteiger partial charge on any atom is 0.0222 e. The zero-order valence-corrected chi connectivity index (χ0v) is 7.74. The Hall–Kier alpha value is -0.380. The van der Waals surface area contributed by atoms with Crippen molar-refractivity contribution in [1.82, 2.24) is 5.43 Å². The fourth-order valence-corrected chi connectivity index (χ4v) is 1.74. The van der Waals surface area contributed by atoms with Gasteiger partial charge in [-0.25, -0.2) is 0 Å². The maximum absolute atomic E-state index is 5.28. The maximum atomic E-state index is 5.28. The number of hydrogen-bond donors (Lipinski definition) is 2. The summed E-state index contributed by atoms with van der Waals surface area (Å²) in [6.45, 7) is 4.20. The molecule has 11 heavy (non-hydrogen) atoms. The minimum atomic E-state index is 0.365. The van der Waals surface area contributed by atoms with Gasteiger partial charge < -0.3 is 0 Å². The molecule has 2 nitrogen and oxygen atoms in total. The first kappa shape index (κ1) is 8.71. The predicted molar refractivity (Wildman–Crippen MR) is 49.5 cm³/mol. The predicted octanol–water partition coefficient (Wildman–Crippen LogP) is 1.45. The van der Waals surface area contributed by atoms with Crippen LogP contribution in [-0.4, -0.2) is 6.04 Å². The van der Waals surface area contributed by atoms with Gasteiger partial charge >= 0.3 is 0 Å². The third-order valence-corrected chi connectivity index (χ3v) is 2.52. The second-order valence-electron chi connectivity index (χ2n) is 2.84. The van der Waals surface area contributed by atoms with Crippen LogP contribution in [0, 0.1) is 6.92 Å². The number of nitrogens with two attached hydrogens (primary N) is 1. The van der Waals surface area contributed by atoms with Crippen LogP contribution in [0.5, 0.6) is 0 Å². The monoisotopic (exact) mass is 170 g/mol.